The average Bonchev–Trinajstić information content (AvgIpc) is 3.72. The van der Waals surface area contributed by atoms with E-state index in [-0.39, 0.29) is 29.1 Å². The molecular weight excluding hydrogens is 511 g/mol. The zero-order valence-electron chi connectivity index (χ0n) is 22.6. The largest absolute Gasteiger partial charge is 0.434 e. The molecule has 1 N–H and O–H groups in total. The maximum atomic E-state index is 14.4. The fraction of sp³-hybridized carbons (Fsp3) is 0.517. The van der Waals surface area contributed by atoms with Gasteiger partial charge in [-0.1, -0.05) is 6.92 Å². The van der Waals surface area contributed by atoms with Crippen LogP contribution in [0.15, 0.2) is 37.1 Å². The number of piperidine rings is 1. The third-order valence-electron chi connectivity index (χ3n) is 9.00. The summed E-state index contributed by atoms with van der Waals surface area (Å²) in [5.41, 5.74) is 2.41. The molecule has 0 radical (unpaired) electrons. The summed E-state index contributed by atoms with van der Waals surface area (Å²) in [6.07, 6.45) is 9.79. The van der Waals surface area contributed by atoms with E-state index in [9.17, 15) is 9.18 Å². The van der Waals surface area contributed by atoms with Crippen molar-refractivity contribution < 1.29 is 13.9 Å². The molecule has 5 heterocycles. The molecule has 1 saturated carbocycles. The first-order valence-corrected chi connectivity index (χ1v) is 14.2. The Morgan fingerprint density at radius 3 is 2.67 bits per heavy atom. The average molecular weight is 545 g/mol. The SMILES string of the molecule is C[C@H]1CCN[C@@H]1C(=O)N1CCC2(CC1)CN(c1ncnnc1Oc1ccc(F)cc1-c1cncnc1C1CC1)C2. The van der Waals surface area contributed by atoms with Gasteiger partial charge in [0.05, 0.1) is 11.7 Å². The molecule has 4 aliphatic rings. The number of hydrogen-bond acceptors (Lipinski definition) is 9. The summed E-state index contributed by atoms with van der Waals surface area (Å²) in [7, 11) is 0. The Morgan fingerprint density at radius 1 is 1.10 bits per heavy atom. The minimum absolute atomic E-state index is 0.0436. The zero-order chi connectivity index (χ0) is 27.3. The molecule has 1 aliphatic carbocycles. The second-order valence-electron chi connectivity index (χ2n) is 11.8. The van der Waals surface area contributed by atoms with Crippen LogP contribution in [0.4, 0.5) is 10.2 Å². The van der Waals surface area contributed by atoms with Gasteiger partial charge >= 0.3 is 0 Å². The number of benzene rings is 1. The molecule has 2 aromatic heterocycles. The van der Waals surface area contributed by atoms with Crippen LogP contribution in [-0.2, 0) is 4.79 Å². The van der Waals surface area contributed by atoms with E-state index < -0.39 is 0 Å². The Hall–Kier alpha value is -3.73. The maximum absolute atomic E-state index is 14.4. The first kappa shape index (κ1) is 25.3. The summed E-state index contributed by atoms with van der Waals surface area (Å²) in [4.78, 5) is 30.4. The van der Waals surface area contributed by atoms with Crippen molar-refractivity contribution >= 4 is 11.7 Å². The van der Waals surface area contributed by atoms with Crippen molar-refractivity contribution in [3.8, 4) is 22.8 Å². The minimum Gasteiger partial charge on any atom is -0.434 e. The van der Waals surface area contributed by atoms with Crippen molar-refractivity contribution in [3.63, 3.8) is 0 Å². The molecule has 7 rings (SSSR count). The highest BCUT2D eigenvalue weighted by Gasteiger charge is 2.47. The van der Waals surface area contributed by atoms with Gasteiger partial charge in [-0.15, -0.1) is 10.2 Å². The topological polar surface area (TPSA) is 109 Å². The number of ether oxygens (including phenoxy) is 1. The second-order valence-corrected chi connectivity index (χ2v) is 11.8. The zero-order valence-corrected chi connectivity index (χ0v) is 22.6. The standard InChI is InChI=1S/C29H33FN8O2/c1-18-6-9-32-24(18)28(39)37-10-7-29(8-11-37)14-38(15-29)26-27(36-35-17-34-26)40-23-5-4-20(30)12-21(23)22-13-31-16-33-25(22)19-2-3-19/h4-5,12-13,16-19,24,32H,2-3,6-11,14-15H2,1H3/t18-,24-/m0/s1. The van der Waals surface area contributed by atoms with E-state index in [2.05, 4.69) is 42.3 Å². The first-order chi connectivity index (χ1) is 19.5. The van der Waals surface area contributed by atoms with Gasteiger partial charge in [0.2, 0.25) is 5.91 Å². The lowest BCUT2D eigenvalue weighted by Crippen LogP contribution is -2.62. The molecular formula is C29H33FN8O2. The second kappa shape index (κ2) is 10.0. The van der Waals surface area contributed by atoms with Crippen LogP contribution in [0.5, 0.6) is 11.6 Å². The Balaban J connectivity index is 1.06. The molecule has 208 valence electrons. The van der Waals surface area contributed by atoms with Gasteiger partial charge in [0.25, 0.3) is 5.88 Å². The van der Waals surface area contributed by atoms with Gasteiger partial charge in [0, 0.05) is 54.8 Å². The van der Waals surface area contributed by atoms with Crippen molar-refractivity contribution in [1.29, 1.82) is 0 Å². The summed E-state index contributed by atoms with van der Waals surface area (Å²) < 4.78 is 20.7. The highest BCUT2D eigenvalue weighted by Crippen LogP contribution is 2.47. The number of hydrogen-bond donors (Lipinski definition) is 1. The third kappa shape index (κ3) is 4.66. The summed E-state index contributed by atoms with van der Waals surface area (Å²) in [6.45, 7) is 6.27. The fourth-order valence-corrected chi connectivity index (χ4v) is 6.47. The molecule has 3 aromatic rings. The molecule has 11 heteroatoms. The number of nitrogens with zero attached hydrogens (tertiary/aromatic N) is 7. The third-order valence-corrected chi connectivity index (χ3v) is 9.00. The normalized spacial score (nSPS) is 23.8. The Bertz CT molecular complexity index is 1420. The Kier molecular flexibility index (Phi) is 6.33. The van der Waals surface area contributed by atoms with Crippen LogP contribution in [0.3, 0.4) is 0 Å². The smallest absolute Gasteiger partial charge is 0.282 e. The lowest BCUT2D eigenvalue weighted by molar-refractivity contribution is -0.136. The predicted molar refractivity (Wildman–Crippen MR) is 145 cm³/mol. The molecule has 3 saturated heterocycles. The van der Waals surface area contributed by atoms with Crippen LogP contribution in [-0.4, -0.2) is 74.7 Å². The van der Waals surface area contributed by atoms with Crippen LogP contribution in [0, 0.1) is 17.2 Å². The van der Waals surface area contributed by atoms with Crippen LogP contribution in [0.2, 0.25) is 0 Å². The molecule has 1 aromatic carbocycles. The van der Waals surface area contributed by atoms with E-state index in [1.165, 1.54) is 24.8 Å². The summed E-state index contributed by atoms with van der Waals surface area (Å²) in [5.74, 6) is 1.99. The van der Waals surface area contributed by atoms with Crippen molar-refractivity contribution in [2.24, 2.45) is 11.3 Å². The summed E-state index contributed by atoms with van der Waals surface area (Å²) in [5, 5.41) is 11.6. The van der Waals surface area contributed by atoms with E-state index in [0.29, 0.717) is 29.0 Å². The van der Waals surface area contributed by atoms with Crippen molar-refractivity contribution in [1.82, 2.24) is 35.4 Å². The van der Waals surface area contributed by atoms with Gasteiger partial charge in [-0.25, -0.2) is 19.3 Å². The van der Waals surface area contributed by atoms with Gasteiger partial charge in [-0.05, 0) is 62.8 Å². The molecule has 4 fully saturated rings. The number of nitrogens with one attached hydrogen (secondary N) is 1. The van der Waals surface area contributed by atoms with E-state index >= 15 is 0 Å². The fourth-order valence-electron chi connectivity index (χ4n) is 6.47. The molecule has 1 amide bonds. The van der Waals surface area contributed by atoms with Gasteiger partial charge < -0.3 is 19.9 Å². The molecule has 1 spiro atoms. The number of rotatable bonds is 6. The Morgan fingerprint density at radius 2 is 1.93 bits per heavy atom. The highest BCUT2D eigenvalue weighted by molar-refractivity contribution is 5.82. The first-order valence-electron chi connectivity index (χ1n) is 14.2. The monoisotopic (exact) mass is 544 g/mol. The van der Waals surface area contributed by atoms with E-state index in [1.807, 2.05) is 4.90 Å². The van der Waals surface area contributed by atoms with Crippen LogP contribution < -0.4 is 15.0 Å². The Labute approximate surface area is 232 Å². The number of aromatic nitrogens is 5. The van der Waals surface area contributed by atoms with Gasteiger partial charge in [-0.3, -0.25) is 4.79 Å². The van der Waals surface area contributed by atoms with E-state index in [1.54, 1.807) is 12.3 Å². The molecule has 0 bridgehead atoms. The van der Waals surface area contributed by atoms with E-state index in [0.717, 1.165) is 76.1 Å². The summed E-state index contributed by atoms with van der Waals surface area (Å²) in [6, 6.07) is 4.40. The number of carbonyl (C=O) groups excluding carboxylic acids is 1. The van der Waals surface area contributed by atoms with Crippen LogP contribution >= 0.6 is 0 Å². The van der Waals surface area contributed by atoms with Gasteiger partial charge in [-0.2, -0.15) is 0 Å². The number of amides is 1. The van der Waals surface area contributed by atoms with Gasteiger partial charge in [0.1, 0.15) is 24.2 Å². The maximum Gasteiger partial charge on any atom is 0.282 e. The molecule has 10 nitrogen and oxygen atoms in total. The van der Waals surface area contributed by atoms with Crippen molar-refractivity contribution in [3.05, 3.63) is 48.6 Å². The quantitative estimate of drug-likeness (QED) is 0.498. The van der Waals surface area contributed by atoms with Crippen molar-refractivity contribution in [2.75, 3.05) is 37.6 Å². The lowest BCUT2D eigenvalue weighted by atomic mass is 9.72. The molecule has 3 aliphatic heterocycles. The molecule has 40 heavy (non-hydrogen) atoms. The number of carbonyl (C=O) groups is 1. The van der Waals surface area contributed by atoms with E-state index in [4.69, 9.17) is 4.74 Å². The van der Waals surface area contributed by atoms with Crippen LogP contribution in [0.25, 0.3) is 11.1 Å². The number of halogens is 1. The van der Waals surface area contributed by atoms with Gasteiger partial charge in [0.15, 0.2) is 5.82 Å². The molecule has 2 atom stereocenters. The highest BCUT2D eigenvalue weighted by atomic mass is 19.1. The van der Waals surface area contributed by atoms with Crippen LogP contribution in [0.1, 0.15) is 50.6 Å². The predicted octanol–water partition coefficient (Wildman–Crippen LogP) is 3.56. The lowest BCUT2D eigenvalue weighted by Gasteiger charge is -2.54. The molecule has 0 unspecified atom stereocenters. The minimum atomic E-state index is -0.363. The summed E-state index contributed by atoms with van der Waals surface area (Å²) >= 11 is 0. The number of likely N-dealkylation sites (tertiary alicyclic amines) is 1. The van der Waals surface area contributed by atoms with Crippen molar-refractivity contribution in [2.45, 2.75) is 51.0 Å². The number of anilines is 1.